The van der Waals surface area contributed by atoms with Gasteiger partial charge in [-0.05, 0) is 38.1 Å². The molecule has 2 aromatic carbocycles. The smallest absolute Gasteiger partial charge is 0.302 e. The maximum atomic E-state index is 12.9. The average molecular weight is 472 g/mol. The van der Waals surface area contributed by atoms with Crippen molar-refractivity contribution in [1.82, 2.24) is 9.55 Å². The third-order valence-corrected chi connectivity index (χ3v) is 7.30. The first kappa shape index (κ1) is 22.2. The lowest BCUT2D eigenvalue weighted by molar-refractivity contribution is 0.410. The molecule has 0 radical (unpaired) electrons. The lowest BCUT2D eigenvalue weighted by Gasteiger charge is -2.16. The van der Waals surface area contributed by atoms with E-state index in [1.165, 1.54) is 6.07 Å². The van der Waals surface area contributed by atoms with Gasteiger partial charge >= 0.3 is 6.01 Å². The van der Waals surface area contributed by atoms with Gasteiger partial charge in [-0.1, -0.05) is 59.4 Å². The van der Waals surface area contributed by atoms with E-state index in [-0.39, 0.29) is 5.92 Å². The molecule has 1 aromatic heterocycles. The van der Waals surface area contributed by atoms with E-state index in [4.69, 9.17) is 39.5 Å². The normalized spacial score (nSPS) is 13.3. The molecular formula is C21H21Cl3N2O2S. The minimum Gasteiger partial charge on any atom is -0.426 e. The molecule has 8 heteroatoms. The quantitative estimate of drug-likeness (QED) is 0.353. The van der Waals surface area contributed by atoms with Crippen LogP contribution in [0.5, 0.6) is 11.8 Å². The largest absolute Gasteiger partial charge is 0.426 e. The van der Waals surface area contributed by atoms with Crippen molar-refractivity contribution in [3.63, 3.8) is 0 Å². The van der Waals surface area contributed by atoms with Gasteiger partial charge in [0.15, 0.2) is 0 Å². The predicted molar refractivity (Wildman–Crippen MR) is 120 cm³/mol. The highest BCUT2D eigenvalue weighted by Crippen LogP contribution is 2.33. The number of hydrogen-bond donors (Lipinski definition) is 0. The fourth-order valence-corrected chi connectivity index (χ4v) is 5.16. The standard InChI is InChI=1S/C21H21Cl3N2O2S/c1-4-26-19(11-25-21(26)28-15-7-5-13(2)6-8-15)14(3)12-29(27)20-10-17(23)16(22)9-18(20)24/h5-11,14H,4,12H2,1-3H3. The number of imidazole rings is 1. The zero-order chi connectivity index (χ0) is 21.1. The predicted octanol–water partition coefficient (Wildman–Crippen LogP) is 6.88. The van der Waals surface area contributed by atoms with Crippen LogP contribution in [-0.4, -0.2) is 19.5 Å². The van der Waals surface area contributed by atoms with E-state index in [1.54, 1.807) is 12.3 Å². The molecule has 0 aliphatic carbocycles. The first-order valence-corrected chi connectivity index (χ1v) is 11.6. The zero-order valence-corrected chi connectivity index (χ0v) is 19.4. The summed E-state index contributed by atoms with van der Waals surface area (Å²) in [6.07, 6.45) is 1.77. The molecule has 0 saturated heterocycles. The Balaban J connectivity index is 1.79. The summed E-state index contributed by atoms with van der Waals surface area (Å²) in [4.78, 5) is 4.90. The highest BCUT2D eigenvalue weighted by atomic mass is 35.5. The van der Waals surface area contributed by atoms with Crippen molar-refractivity contribution in [3.05, 3.63) is 68.9 Å². The van der Waals surface area contributed by atoms with Crippen LogP contribution in [0.25, 0.3) is 0 Å². The Morgan fingerprint density at radius 1 is 1.10 bits per heavy atom. The monoisotopic (exact) mass is 470 g/mol. The average Bonchev–Trinajstić information content (AvgIpc) is 3.09. The number of rotatable bonds is 7. The number of benzene rings is 2. The number of aromatic nitrogens is 2. The van der Waals surface area contributed by atoms with Crippen LogP contribution in [0.4, 0.5) is 0 Å². The molecule has 0 fully saturated rings. The summed E-state index contributed by atoms with van der Waals surface area (Å²) >= 11 is 18.3. The fourth-order valence-electron chi connectivity index (χ4n) is 2.96. The zero-order valence-electron chi connectivity index (χ0n) is 16.3. The Hall–Kier alpha value is -1.53. The number of halogens is 3. The van der Waals surface area contributed by atoms with Gasteiger partial charge in [0.1, 0.15) is 5.75 Å². The van der Waals surface area contributed by atoms with Gasteiger partial charge in [-0.2, -0.15) is 0 Å². The molecule has 0 aliphatic heterocycles. The molecule has 2 unspecified atom stereocenters. The number of aryl methyl sites for hydroxylation is 1. The molecule has 0 bridgehead atoms. The highest BCUT2D eigenvalue weighted by molar-refractivity contribution is 7.85. The molecule has 0 amide bonds. The van der Waals surface area contributed by atoms with Gasteiger partial charge in [0.25, 0.3) is 0 Å². The molecule has 4 nitrogen and oxygen atoms in total. The Morgan fingerprint density at radius 3 is 2.41 bits per heavy atom. The van der Waals surface area contributed by atoms with Crippen LogP contribution in [-0.2, 0) is 17.3 Å². The SMILES string of the molecule is CCn1c(C(C)CS(=O)c2cc(Cl)c(Cl)cc2Cl)cnc1Oc1ccc(C)cc1. The summed E-state index contributed by atoms with van der Waals surface area (Å²) in [5.41, 5.74) is 2.10. The van der Waals surface area contributed by atoms with Gasteiger partial charge in [0.05, 0.1) is 37.0 Å². The Kier molecular flexibility index (Phi) is 7.28. The third-order valence-electron chi connectivity index (χ3n) is 4.52. The van der Waals surface area contributed by atoms with E-state index in [0.29, 0.717) is 38.3 Å². The van der Waals surface area contributed by atoms with E-state index in [1.807, 2.05) is 49.6 Å². The van der Waals surface area contributed by atoms with Crippen LogP contribution < -0.4 is 4.74 Å². The first-order valence-electron chi connectivity index (χ1n) is 9.13. The van der Waals surface area contributed by atoms with Gasteiger partial charge in [-0.3, -0.25) is 8.78 Å². The van der Waals surface area contributed by atoms with Crippen molar-refractivity contribution >= 4 is 45.6 Å². The van der Waals surface area contributed by atoms with Crippen LogP contribution in [0.15, 0.2) is 47.5 Å². The lowest BCUT2D eigenvalue weighted by atomic mass is 10.1. The second kappa shape index (κ2) is 9.52. The summed E-state index contributed by atoms with van der Waals surface area (Å²) in [7, 11) is -1.34. The topological polar surface area (TPSA) is 44.1 Å². The van der Waals surface area contributed by atoms with Crippen molar-refractivity contribution in [2.75, 3.05) is 5.75 Å². The van der Waals surface area contributed by atoms with E-state index < -0.39 is 10.8 Å². The van der Waals surface area contributed by atoms with Crippen molar-refractivity contribution in [2.24, 2.45) is 0 Å². The van der Waals surface area contributed by atoms with Gasteiger partial charge in [0, 0.05) is 23.9 Å². The molecule has 1 heterocycles. The van der Waals surface area contributed by atoms with Gasteiger partial charge in [0.2, 0.25) is 0 Å². The van der Waals surface area contributed by atoms with Gasteiger partial charge in [-0.25, -0.2) is 4.98 Å². The third kappa shape index (κ3) is 5.15. The molecule has 2 atom stereocenters. The lowest BCUT2D eigenvalue weighted by Crippen LogP contribution is -2.12. The maximum Gasteiger partial charge on any atom is 0.302 e. The number of nitrogens with zero attached hydrogens (tertiary/aromatic N) is 2. The summed E-state index contributed by atoms with van der Waals surface area (Å²) in [6, 6.07) is 11.4. The van der Waals surface area contributed by atoms with Crippen LogP contribution in [0, 0.1) is 6.92 Å². The second-order valence-corrected chi connectivity index (χ2v) is 9.42. The molecule has 0 aliphatic rings. The summed E-state index contributed by atoms with van der Waals surface area (Å²) < 4.78 is 20.8. The maximum absolute atomic E-state index is 12.9. The van der Waals surface area contributed by atoms with E-state index >= 15 is 0 Å². The molecule has 29 heavy (non-hydrogen) atoms. The Bertz CT molecular complexity index is 1040. The summed E-state index contributed by atoms with van der Waals surface area (Å²) in [5.74, 6) is 1.05. The molecular weight excluding hydrogens is 451 g/mol. The minimum absolute atomic E-state index is 0.0378. The fraction of sp³-hybridized carbons (Fsp3) is 0.286. The first-order chi connectivity index (χ1) is 13.8. The Labute approximate surface area is 188 Å². The molecule has 3 aromatic rings. The van der Waals surface area contributed by atoms with Crippen molar-refractivity contribution in [1.29, 1.82) is 0 Å². The van der Waals surface area contributed by atoms with Crippen LogP contribution in [0.1, 0.15) is 31.0 Å². The van der Waals surface area contributed by atoms with Gasteiger partial charge < -0.3 is 4.74 Å². The molecule has 0 spiro atoms. The molecule has 0 saturated carbocycles. The Morgan fingerprint density at radius 2 is 1.76 bits per heavy atom. The summed E-state index contributed by atoms with van der Waals surface area (Å²) in [5, 5.41) is 1.02. The van der Waals surface area contributed by atoms with Crippen LogP contribution in [0.2, 0.25) is 15.1 Å². The summed E-state index contributed by atoms with van der Waals surface area (Å²) in [6.45, 7) is 6.73. The van der Waals surface area contributed by atoms with Crippen LogP contribution in [0.3, 0.4) is 0 Å². The van der Waals surface area contributed by atoms with E-state index in [0.717, 1.165) is 17.0 Å². The number of hydrogen-bond acceptors (Lipinski definition) is 3. The van der Waals surface area contributed by atoms with Crippen LogP contribution >= 0.6 is 34.8 Å². The van der Waals surface area contributed by atoms with E-state index in [2.05, 4.69) is 4.98 Å². The van der Waals surface area contributed by atoms with Crippen molar-refractivity contribution < 1.29 is 8.95 Å². The van der Waals surface area contributed by atoms with Gasteiger partial charge in [-0.15, -0.1) is 0 Å². The molecule has 0 N–H and O–H groups in total. The number of ether oxygens (including phenoxy) is 1. The van der Waals surface area contributed by atoms with Crippen molar-refractivity contribution in [2.45, 2.75) is 38.1 Å². The minimum atomic E-state index is -1.34. The molecule has 3 rings (SSSR count). The van der Waals surface area contributed by atoms with E-state index in [9.17, 15) is 4.21 Å². The molecule has 154 valence electrons. The van der Waals surface area contributed by atoms with Crippen molar-refractivity contribution in [3.8, 4) is 11.8 Å². The second-order valence-electron chi connectivity index (χ2n) is 6.73. The highest BCUT2D eigenvalue weighted by Gasteiger charge is 2.21.